The number of hydrogen-bond acceptors (Lipinski definition) is 3. The second-order valence-electron chi connectivity index (χ2n) is 3.74. The van der Waals surface area contributed by atoms with E-state index in [4.69, 9.17) is 15.6 Å². The fourth-order valence-electron chi connectivity index (χ4n) is 1.68. The van der Waals surface area contributed by atoms with Gasteiger partial charge in [-0.05, 0) is 24.1 Å². The van der Waals surface area contributed by atoms with Crippen LogP contribution in [-0.4, -0.2) is 18.2 Å². The molecule has 3 N–H and O–H groups in total. The summed E-state index contributed by atoms with van der Waals surface area (Å²) in [7, 11) is 1.44. The maximum atomic E-state index is 13.7. The summed E-state index contributed by atoms with van der Waals surface area (Å²) in [4.78, 5) is 10.5. The molecule has 1 aromatic rings. The van der Waals surface area contributed by atoms with E-state index in [1.54, 1.807) is 6.07 Å². The molecule has 94 valence electrons. The van der Waals surface area contributed by atoms with Crippen molar-refractivity contribution < 1.29 is 19.0 Å². The summed E-state index contributed by atoms with van der Waals surface area (Å²) in [6.45, 7) is 1.82. The van der Waals surface area contributed by atoms with Gasteiger partial charge in [0.2, 0.25) is 0 Å². The van der Waals surface area contributed by atoms with Gasteiger partial charge in [-0.1, -0.05) is 6.92 Å². The summed E-state index contributed by atoms with van der Waals surface area (Å²) in [6.07, 6.45) is 0.261. The molecule has 0 bridgehead atoms. The highest BCUT2D eigenvalue weighted by atomic mass is 19.1. The summed E-state index contributed by atoms with van der Waals surface area (Å²) >= 11 is 0. The predicted molar refractivity (Wildman–Crippen MR) is 61.5 cm³/mol. The number of rotatable bonds is 5. The minimum atomic E-state index is -1.02. The van der Waals surface area contributed by atoms with Gasteiger partial charge in [0.1, 0.15) is 11.6 Å². The first kappa shape index (κ1) is 13.4. The van der Waals surface area contributed by atoms with Crippen molar-refractivity contribution in [1.82, 2.24) is 0 Å². The number of aliphatic carboxylic acids is 1. The van der Waals surface area contributed by atoms with Gasteiger partial charge in [0, 0.05) is 11.6 Å². The minimum absolute atomic E-state index is 0.242. The normalized spacial score (nSPS) is 12.2. The van der Waals surface area contributed by atoms with Crippen LogP contribution in [0.2, 0.25) is 0 Å². The molecule has 5 heteroatoms. The van der Waals surface area contributed by atoms with Crippen molar-refractivity contribution in [1.29, 1.82) is 0 Å². The zero-order chi connectivity index (χ0) is 13.0. The molecular weight excluding hydrogens is 225 g/mol. The number of ether oxygens (including phenoxy) is 1. The first-order valence-corrected chi connectivity index (χ1v) is 5.33. The van der Waals surface area contributed by atoms with Crippen LogP contribution in [0.3, 0.4) is 0 Å². The van der Waals surface area contributed by atoms with Gasteiger partial charge in [-0.25, -0.2) is 4.39 Å². The first-order valence-electron chi connectivity index (χ1n) is 5.33. The number of carbonyl (C=O) groups is 1. The summed E-state index contributed by atoms with van der Waals surface area (Å²) in [5, 5.41) is 8.64. The molecule has 0 saturated heterocycles. The Hall–Kier alpha value is -1.62. The zero-order valence-electron chi connectivity index (χ0n) is 9.87. The van der Waals surface area contributed by atoms with Gasteiger partial charge in [0.15, 0.2) is 0 Å². The Morgan fingerprint density at radius 1 is 1.59 bits per heavy atom. The first-order chi connectivity index (χ1) is 7.99. The van der Waals surface area contributed by atoms with Gasteiger partial charge in [0.05, 0.1) is 13.5 Å². The van der Waals surface area contributed by atoms with Crippen LogP contribution in [0, 0.1) is 5.82 Å². The van der Waals surface area contributed by atoms with Crippen LogP contribution >= 0.6 is 0 Å². The molecule has 4 nitrogen and oxygen atoms in total. The van der Waals surface area contributed by atoms with Crippen molar-refractivity contribution in [3.05, 3.63) is 29.1 Å². The fraction of sp³-hybridized carbons (Fsp3) is 0.417. The van der Waals surface area contributed by atoms with Crippen LogP contribution in [0.15, 0.2) is 12.1 Å². The number of hydrogen-bond donors (Lipinski definition) is 2. The molecule has 0 saturated carbocycles. The highest BCUT2D eigenvalue weighted by molar-refractivity contribution is 5.68. The van der Waals surface area contributed by atoms with Crippen molar-refractivity contribution in [2.75, 3.05) is 7.11 Å². The molecule has 0 radical (unpaired) electrons. The molecule has 0 spiro atoms. The van der Waals surface area contributed by atoms with Gasteiger partial charge in [-0.3, -0.25) is 4.79 Å². The van der Waals surface area contributed by atoms with Crippen molar-refractivity contribution >= 4 is 5.97 Å². The number of benzene rings is 1. The topological polar surface area (TPSA) is 72.6 Å². The Bertz CT molecular complexity index is 420. The van der Waals surface area contributed by atoms with Crippen molar-refractivity contribution in [2.24, 2.45) is 5.73 Å². The Morgan fingerprint density at radius 2 is 2.24 bits per heavy atom. The standard InChI is InChI=1S/C12H16FNO3/c1-3-8-9(13)4-7(5-11(8)17-2)10(14)6-12(15)16/h4-5,10H,3,6,14H2,1-2H3,(H,15,16). The second-order valence-corrected chi connectivity index (χ2v) is 3.74. The molecule has 1 aromatic carbocycles. The molecule has 0 aliphatic carbocycles. The van der Waals surface area contributed by atoms with Crippen molar-refractivity contribution in [2.45, 2.75) is 25.8 Å². The summed E-state index contributed by atoms with van der Waals surface area (Å²) < 4.78 is 18.8. The lowest BCUT2D eigenvalue weighted by Crippen LogP contribution is -2.15. The second kappa shape index (κ2) is 5.63. The van der Waals surface area contributed by atoms with Crippen LogP contribution in [0.4, 0.5) is 4.39 Å². The van der Waals surface area contributed by atoms with Gasteiger partial charge < -0.3 is 15.6 Å². The van der Waals surface area contributed by atoms with E-state index in [-0.39, 0.29) is 6.42 Å². The molecule has 1 unspecified atom stereocenters. The van der Waals surface area contributed by atoms with Crippen LogP contribution in [0.25, 0.3) is 0 Å². The average Bonchev–Trinajstić information content (AvgIpc) is 2.26. The molecule has 17 heavy (non-hydrogen) atoms. The Balaban J connectivity index is 3.10. The fourth-order valence-corrected chi connectivity index (χ4v) is 1.68. The van der Waals surface area contributed by atoms with E-state index in [1.807, 2.05) is 6.92 Å². The molecular formula is C12H16FNO3. The number of carboxylic acids is 1. The maximum Gasteiger partial charge on any atom is 0.305 e. The monoisotopic (exact) mass is 241 g/mol. The molecule has 0 aliphatic heterocycles. The van der Waals surface area contributed by atoms with E-state index in [0.29, 0.717) is 23.3 Å². The largest absolute Gasteiger partial charge is 0.496 e. The zero-order valence-corrected chi connectivity index (χ0v) is 9.87. The van der Waals surface area contributed by atoms with E-state index in [0.717, 1.165) is 0 Å². The molecule has 1 atom stereocenters. The number of halogens is 1. The van der Waals surface area contributed by atoms with E-state index in [1.165, 1.54) is 13.2 Å². The van der Waals surface area contributed by atoms with Gasteiger partial charge in [-0.2, -0.15) is 0 Å². The van der Waals surface area contributed by atoms with Gasteiger partial charge in [0.25, 0.3) is 0 Å². The quantitative estimate of drug-likeness (QED) is 0.825. The van der Waals surface area contributed by atoms with E-state index in [2.05, 4.69) is 0 Å². The number of nitrogens with two attached hydrogens (primary N) is 1. The maximum absolute atomic E-state index is 13.7. The SMILES string of the molecule is CCc1c(F)cc(C(N)CC(=O)O)cc1OC. The predicted octanol–water partition coefficient (Wildman–Crippen LogP) is 1.87. The smallest absolute Gasteiger partial charge is 0.305 e. The molecule has 0 amide bonds. The summed E-state index contributed by atoms with van der Waals surface area (Å²) in [5.41, 5.74) is 6.58. The minimum Gasteiger partial charge on any atom is -0.496 e. The molecule has 0 heterocycles. The van der Waals surface area contributed by atoms with Crippen LogP contribution in [0.5, 0.6) is 5.75 Å². The summed E-state index contributed by atoms with van der Waals surface area (Å²) in [6, 6.07) is 2.13. The Morgan fingerprint density at radius 3 is 2.71 bits per heavy atom. The Kier molecular flexibility index (Phi) is 4.45. The van der Waals surface area contributed by atoms with Crippen molar-refractivity contribution in [3.8, 4) is 5.75 Å². The van der Waals surface area contributed by atoms with Crippen molar-refractivity contribution in [3.63, 3.8) is 0 Å². The molecule has 0 aromatic heterocycles. The van der Waals surface area contributed by atoms with Crippen LogP contribution in [-0.2, 0) is 11.2 Å². The highest BCUT2D eigenvalue weighted by Gasteiger charge is 2.16. The molecule has 0 fully saturated rings. The molecule has 1 rings (SSSR count). The third kappa shape index (κ3) is 3.17. The van der Waals surface area contributed by atoms with Crippen LogP contribution in [0.1, 0.15) is 30.5 Å². The highest BCUT2D eigenvalue weighted by Crippen LogP contribution is 2.27. The number of carboxylic acid groups (broad SMARTS) is 1. The third-order valence-corrected chi connectivity index (χ3v) is 2.57. The summed E-state index contributed by atoms with van der Waals surface area (Å²) in [5.74, 6) is -1.03. The van der Waals surface area contributed by atoms with E-state index in [9.17, 15) is 9.18 Å². The number of methoxy groups -OCH3 is 1. The Labute approximate surface area is 99.2 Å². The van der Waals surface area contributed by atoms with Crippen LogP contribution < -0.4 is 10.5 Å². The molecule has 0 aliphatic rings. The average molecular weight is 241 g/mol. The third-order valence-electron chi connectivity index (χ3n) is 2.57. The van der Waals surface area contributed by atoms with E-state index >= 15 is 0 Å². The lowest BCUT2D eigenvalue weighted by molar-refractivity contribution is -0.137. The lowest BCUT2D eigenvalue weighted by atomic mass is 10.0. The van der Waals surface area contributed by atoms with E-state index < -0.39 is 17.8 Å². The van der Waals surface area contributed by atoms with Gasteiger partial charge in [-0.15, -0.1) is 0 Å². The van der Waals surface area contributed by atoms with Gasteiger partial charge >= 0.3 is 5.97 Å². The lowest BCUT2D eigenvalue weighted by Gasteiger charge is -2.14.